The number of furan rings is 1. The normalized spacial score (nSPS) is 27.4. The molecule has 0 unspecified atom stereocenters. The van der Waals surface area contributed by atoms with E-state index in [0.29, 0.717) is 11.7 Å². The van der Waals surface area contributed by atoms with Crippen LogP contribution in [0.15, 0.2) is 65.5 Å². The number of aromatic hydroxyl groups is 1. The fourth-order valence-corrected chi connectivity index (χ4v) is 8.29. The number of hydrogen-bond acceptors (Lipinski definition) is 7. The van der Waals surface area contributed by atoms with Crippen molar-refractivity contribution in [1.82, 2.24) is 9.80 Å². The van der Waals surface area contributed by atoms with Crippen LogP contribution < -0.4 is 9.47 Å². The van der Waals surface area contributed by atoms with E-state index in [0.717, 1.165) is 61.9 Å². The Morgan fingerprint density at radius 2 is 2.05 bits per heavy atom. The molecule has 1 saturated carbocycles. The highest BCUT2D eigenvalue weighted by Gasteiger charge is 2.67. The minimum Gasteiger partial charge on any atom is -0.508 e. The summed E-state index contributed by atoms with van der Waals surface area (Å²) in [6.45, 7) is 3.20. The molecule has 1 N–H and O–H groups in total. The molecule has 3 aromatic rings. The number of esters is 1. The van der Waals surface area contributed by atoms with Gasteiger partial charge in [0.2, 0.25) is 5.91 Å². The molecule has 3 heterocycles. The highest BCUT2D eigenvalue weighted by molar-refractivity contribution is 5.92. The topological polar surface area (TPSA) is 92.5 Å². The van der Waals surface area contributed by atoms with Crippen LogP contribution in [-0.2, 0) is 27.8 Å². The lowest BCUT2D eigenvalue weighted by molar-refractivity contribution is -0.135. The van der Waals surface area contributed by atoms with Gasteiger partial charge in [-0.05, 0) is 62.3 Å². The average Bonchev–Trinajstić information content (AvgIpc) is 3.62. The van der Waals surface area contributed by atoms with Gasteiger partial charge in [0.1, 0.15) is 11.9 Å². The third-order valence-corrected chi connectivity index (χ3v) is 10.1. The number of rotatable bonds is 7. The first-order valence-corrected chi connectivity index (χ1v) is 14.9. The molecule has 2 bridgehead atoms. The third kappa shape index (κ3) is 4.23. The van der Waals surface area contributed by atoms with Crippen LogP contribution >= 0.6 is 0 Å². The van der Waals surface area contributed by atoms with Gasteiger partial charge in [-0.3, -0.25) is 14.5 Å². The van der Waals surface area contributed by atoms with Gasteiger partial charge in [-0.25, -0.2) is 0 Å². The summed E-state index contributed by atoms with van der Waals surface area (Å²) in [6.07, 6.45) is 10.5. The average molecular weight is 569 g/mol. The third-order valence-electron chi connectivity index (χ3n) is 10.1. The Kier molecular flexibility index (Phi) is 6.61. The number of likely N-dealkylation sites (N-methyl/N-ethyl adjacent to an activating group) is 1. The molecule has 2 aliphatic carbocycles. The van der Waals surface area contributed by atoms with Gasteiger partial charge in [0.05, 0.1) is 18.6 Å². The van der Waals surface area contributed by atoms with Gasteiger partial charge < -0.3 is 23.9 Å². The van der Waals surface area contributed by atoms with E-state index in [1.165, 1.54) is 18.6 Å². The molecule has 2 aromatic carbocycles. The zero-order valence-corrected chi connectivity index (χ0v) is 24.0. The number of ether oxygens (including phenoxy) is 2. The highest BCUT2D eigenvalue weighted by Crippen LogP contribution is 2.65. The Hall–Kier alpha value is -4.04. The number of amides is 1. The van der Waals surface area contributed by atoms with Crippen LogP contribution in [0.4, 0.5) is 0 Å². The van der Waals surface area contributed by atoms with Crippen LogP contribution in [0.5, 0.6) is 17.2 Å². The van der Waals surface area contributed by atoms with Crippen molar-refractivity contribution in [2.24, 2.45) is 5.92 Å². The van der Waals surface area contributed by atoms with Crippen molar-refractivity contribution in [2.75, 3.05) is 20.1 Å². The predicted molar refractivity (Wildman–Crippen MR) is 156 cm³/mol. The van der Waals surface area contributed by atoms with E-state index in [1.54, 1.807) is 29.6 Å². The number of likely N-dealkylation sites (tertiary alicyclic amines) is 1. The van der Waals surface area contributed by atoms with E-state index in [9.17, 15) is 14.7 Å². The number of hydrogen-bond donors (Lipinski definition) is 1. The summed E-state index contributed by atoms with van der Waals surface area (Å²) in [7, 11) is 1.84. The summed E-state index contributed by atoms with van der Waals surface area (Å²) in [5.74, 6) is 0.706. The molecule has 1 saturated heterocycles. The standard InChI is InChI=1S/C34H36N2O6/c1-21(37)41-29-19-28(38)24-18-27-25-9-10-26(35(2)30(39)11-8-23-13-17-40-20-23)33-34(25,31(24)32(29)42-33)14-16-36(27)15-12-22-6-4-3-5-7-22/h3-8,11,13,17,19-20,25-27,33,38H,9-10,12,14-16,18H2,1-2H3/b11-8+/t25-,26+,27+,33-,34-/m0/s1. The molecule has 7 rings (SSSR count). The minimum atomic E-state index is -0.462. The van der Waals surface area contributed by atoms with Gasteiger partial charge >= 0.3 is 5.97 Å². The summed E-state index contributed by atoms with van der Waals surface area (Å²) >= 11 is 0. The second-order valence-corrected chi connectivity index (χ2v) is 12.1. The lowest BCUT2D eigenvalue weighted by Gasteiger charge is -2.60. The van der Waals surface area contributed by atoms with Crippen molar-refractivity contribution in [3.63, 3.8) is 0 Å². The van der Waals surface area contributed by atoms with Gasteiger partial charge in [-0.15, -0.1) is 0 Å². The first kappa shape index (κ1) is 26.8. The molecule has 1 amide bonds. The maximum Gasteiger partial charge on any atom is 0.308 e. The van der Waals surface area contributed by atoms with Gasteiger partial charge in [0.15, 0.2) is 11.5 Å². The van der Waals surface area contributed by atoms with Crippen LogP contribution in [0, 0.1) is 5.92 Å². The number of phenolic OH excluding ortho intramolecular Hbond substituents is 1. The Morgan fingerprint density at radius 3 is 2.81 bits per heavy atom. The van der Waals surface area contributed by atoms with Crippen LogP contribution in [0.3, 0.4) is 0 Å². The molecule has 0 radical (unpaired) electrons. The van der Waals surface area contributed by atoms with E-state index in [-0.39, 0.29) is 41.0 Å². The number of piperidine rings is 1. The molecule has 8 nitrogen and oxygen atoms in total. The molecule has 2 aliphatic heterocycles. The first-order valence-electron chi connectivity index (χ1n) is 14.9. The van der Waals surface area contributed by atoms with Crippen LogP contribution in [0.25, 0.3) is 6.08 Å². The van der Waals surface area contributed by atoms with E-state index in [4.69, 9.17) is 13.9 Å². The van der Waals surface area contributed by atoms with Gasteiger partial charge in [-0.1, -0.05) is 30.3 Å². The molecular formula is C34H36N2O6. The fourth-order valence-electron chi connectivity index (χ4n) is 8.29. The Bertz CT molecular complexity index is 1530. The van der Waals surface area contributed by atoms with Gasteiger partial charge in [0, 0.05) is 60.8 Å². The number of phenols is 1. The van der Waals surface area contributed by atoms with Crippen molar-refractivity contribution in [1.29, 1.82) is 0 Å². The molecule has 8 heteroatoms. The maximum absolute atomic E-state index is 13.4. The number of carbonyl (C=O) groups is 2. The van der Waals surface area contributed by atoms with Crippen molar-refractivity contribution < 1.29 is 28.6 Å². The fraction of sp³-hybridized carbons (Fsp3) is 0.412. The molecule has 218 valence electrons. The predicted octanol–water partition coefficient (Wildman–Crippen LogP) is 4.73. The van der Waals surface area contributed by atoms with Crippen molar-refractivity contribution >= 4 is 18.0 Å². The zero-order chi connectivity index (χ0) is 29.0. The van der Waals surface area contributed by atoms with E-state index in [2.05, 4.69) is 29.2 Å². The van der Waals surface area contributed by atoms with Crippen molar-refractivity contribution in [3.05, 3.63) is 83.3 Å². The molecular weight excluding hydrogens is 532 g/mol. The zero-order valence-electron chi connectivity index (χ0n) is 24.0. The van der Waals surface area contributed by atoms with Crippen molar-refractivity contribution in [2.45, 2.75) is 62.6 Å². The second kappa shape index (κ2) is 10.3. The van der Waals surface area contributed by atoms with Crippen LogP contribution in [0.2, 0.25) is 0 Å². The Labute approximate surface area is 245 Å². The molecule has 2 fully saturated rings. The lowest BCUT2D eigenvalue weighted by atomic mass is 9.50. The summed E-state index contributed by atoms with van der Waals surface area (Å²) in [5, 5.41) is 11.3. The highest BCUT2D eigenvalue weighted by atomic mass is 16.6. The molecule has 5 atom stereocenters. The Morgan fingerprint density at radius 1 is 1.21 bits per heavy atom. The number of nitrogens with zero attached hydrogens (tertiary/aromatic N) is 2. The summed E-state index contributed by atoms with van der Waals surface area (Å²) in [6, 6.07) is 14.0. The molecule has 4 aliphatic rings. The SMILES string of the molecule is CC(=O)Oc1cc(O)c2c3c1O[C@H]1[C@H](N(C)C(=O)/C=C/c4ccoc4)CC[C@H]4[C@@H](C2)N(CCc2ccccc2)CC[C@@]341. The van der Waals surface area contributed by atoms with E-state index < -0.39 is 5.97 Å². The lowest BCUT2D eigenvalue weighted by Crippen LogP contribution is -2.69. The monoisotopic (exact) mass is 568 g/mol. The summed E-state index contributed by atoms with van der Waals surface area (Å²) in [4.78, 5) is 29.9. The second-order valence-electron chi connectivity index (χ2n) is 12.1. The Balaban J connectivity index is 1.25. The van der Waals surface area contributed by atoms with Crippen LogP contribution in [-0.4, -0.2) is 65.1 Å². The largest absolute Gasteiger partial charge is 0.508 e. The van der Waals surface area contributed by atoms with Gasteiger partial charge in [-0.2, -0.15) is 0 Å². The number of benzene rings is 2. The quantitative estimate of drug-likeness (QED) is 0.250. The van der Waals surface area contributed by atoms with Crippen LogP contribution in [0.1, 0.15) is 48.4 Å². The molecule has 42 heavy (non-hydrogen) atoms. The van der Waals surface area contributed by atoms with E-state index in [1.807, 2.05) is 19.2 Å². The molecule has 1 aromatic heterocycles. The minimum absolute atomic E-state index is 0.105. The maximum atomic E-state index is 13.4. The van der Waals surface area contributed by atoms with Crippen molar-refractivity contribution in [3.8, 4) is 17.2 Å². The molecule has 1 spiro atoms. The summed E-state index contributed by atoms with van der Waals surface area (Å²) in [5.41, 5.74) is 3.65. The number of carbonyl (C=O) groups excluding carboxylic acids is 2. The smallest absolute Gasteiger partial charge is 0.308 e. The summed E-state index contributed by atoms with van der Waals surface area (Å²) < 4.78 is 17.5. The van der Waals surface area contributed by atoms with Gasteiger partial charge in [0.25, 0.3) is 0 Å². The first-order chi connectivity index (χ1) is 20.4. The van der Waals surface area contributed by atoms with E-state index >= 15 is 0 Å².